The zero-order chi connectivity index (χ0) is 34.1. The van der Waals surface area contributed by atoms with Gasteiger partial charge in [-0.05, 0) is 38.0 Å². The van der Waals surface area contributed by atoms with E-state index in [9.17, 15) is 34.8 Å². The molecule has 0 amide bonds. The van der Waals surface area contributed by atoms with E-state index in [1.165, 1.54) is 37.8 Å². The van der Waals surface area contributed by atoms with Crippen LogP contribution in [0.2, 0.25) is 0 Å². The van der Waals surface area contributed by atoms with Crippen molar-refractivity contribution in [1.29, 1.82) is 0 Å². The third-order valence-corrected chi connectivity index (χ3v) is 10.0. The summed E-state index contributed by atoms with van der Waals surface area (Å²) in [5.41, 5.74) is -0.820. The molecular weight excluding hydrogens is 620 g/mol. The monoisotopic (exact) mass is 656 g/mol. The average Bonchev–Trinajstić information content (AvgIpc) is 3.48. The Morgan fingerprint density at radius 3 is 2.56 bits per heavy atom. The first-order valence-corrected chi connectivity index (χ1v) is 15.9. The number of aromatic hydroxyl groups is 2. The summed E-state index contributed by atoms with van der Waals surface area (Å²) in [6, 6.07) is 11.8. The largest absolute Gasteiger partial charge is 0.507 e. The Labute approximate surface area is 276 Å². The number of anilines is 1. The standard InChI is InChI=1S/C36H36N2O10/c1-17-31(40)22(37-16-38-12-11-19-7-4-5-9-23(19)38)13-26(47-17)48-25-15-36(45,18(2)39)14-21-28(25)35(44)30-29(33(21)42)32(41)20-8-6-10-24(46-3)27(20)34(30)43/h4-10,16-17,22,25-26,31,40,42,44-45H,11-15H2,1-3H3/t17?,22-,25-,26?,31?,36?/m0/s1. The lowest BCUT2D eigenvalue weighted by Gasteiger charge is -2.42. The number of aliphatic hydroxyl groups excluding tert-OH is 1. The highest BCUT2D eigenvalue weighted by Gasteiger charge is 2.49. The van der Waals surface area contributed by atoms with Crippen molar-refractivity contribution in [2.75, 3.05) is 18.6 Å². The number of carbonyl (C=O) groups is 3. The lowest BCUT2D eigenvalue weighted by molar-refractivity contribution is -0.246. The van der Waals surface area contributed by atoms with Gasteiger partial charge in [-0.2, -0.15) is 0 Å². The lowest BCUT2D eigenvalue weighted by atomic mass is 9.72. The number of Topliss-reactive ketones (excluding diaryl/α,β-unsaturated/α-hetero) is 1. The summed E-state index contributed by atoms with van der Waals surface area (Å²) in [5, 5.41) is 45.8. The van der Waals surface area contributed by atoms with E-state index in [4.69, 9.17) is 14.2 Å². The van der Waals surface area contributed by atoms with E-state index >= 15 is 0 Å². The summed E-state index contributed by atoms with van der Waals surface area (Å²) in [5.74, 6) is -3.17. The number of hydrogen-bond acceptors (Lipinski definition) is 11. The predicted molar refractivity (Wildman–Crippen MR) is 172 cm³/mol. The van der Waals surface area contributed by atoms with Crippen molar-refractivity contribution in [2.24, 2.45) is 4.99 Å². The topological polar surface area (TPSA) is 175 Å². The molecule has 3 aromatic carbocycles. The van der Waals surface area contributed by atoms with Gasteiger partial charge < -0.3 is 39.5 Å². The van der Waals surface area contributed by atoms with Crippen molar-refractivity contribution in [3.8, 4) is 17.2 Å². The van der Waals surface area contributed by atoms with Crippen LogP contribution in [0.5, 0.6) is 17.2 Å². The van der Waals surface area contributed by atoms with Crippen LogP contribution in [0.15, 0.2) is 47.5 Å². The van der Waals surface area contributed by atoms with E-state index in [0.29, 0.717) is 0 Å². The Kier molecular flexibility index (Phi) is 7.86. The molecule has 12 heteroatoms. The van der Waals surface area contributed by atoms with Crippen LogP contribution in [-0.4, -0.2) is 87.9 Å². The number of para-hydroxylation sites is 1. The second-order valence-corrected chi connectivity index (χ2v) is 12.9. The van der Waals surface area contributed by atoms with E-state index in [0.717, 1.165) is 18.7 Å². The number of phenols is 2. The van der Waals surface area contributed by atoms with Gasteiger partial charge in [0.05, 0.1) is 48.4 Å². The first kappa shape index (κ1) is 32.0. The minimum atomic E-state index is -2.03. The summed E-state index contributed by atoms with van der Waals surface area (Å²) in [6.07, 6.45) is -2.09. The normalized spacial score (nSPS) is 27.8. The number of carbonyl (C=O) groups excluding carboxylic acids is 3. The fraction of sp³-hybridized carbons (Fsp3) is 0.389. The zero-order valence-corrected chi connectivity index (χ0v) is 26.7. The van der Waals surface area contributed by atoms with E-state index in [-0.39, 0.29) is 40.8 Å². The Hall–Kier alpha value is -4.62. The van der Waals surface area contributed by atoms with Crippen LogP contribution in [0.3, 0.4) is 0 Å². The van der Waals surface area contributed by atoms with Crippen molar-refractivity contribution in [1.82, 2.24) is 0 Å². The highest BCUT2D eigenvalue weighted by molar-refractivity contribution is 6.31. The fourth-order valence-corrected chi connectivity index (χ4v) is 7.40. The number of aliphatic imine (C=N–C) groups is 1. The van der Waals surface area contributed by atoms with Gasteiger partial charge in [0.25, 0.3) is 0 Å². The number of benzene rings is 3. The molecule has 12 nitrogen and oxygen atoms in total. The summed E-state index contributed by atoms with van der Waals surface area (Å²) < 4.78 is 17.7. The maximum atomic E-state index is 13.9. The molecule has 0 saturated carbocycles. The van der Waals surface area contributed by atoms with Gasteiger partial charge >= 0.3 is 0 Å². The number of ketones is 3. The summed E-state index contributed by atoms with van der Waals surface area (Å²) in [7, 11) is 1.35. The molecule has 0 radical (unpaired) electrons. The van der Waals surface area contributed by atoms with Gasteiger partial charge in [0, 0.05) is 48.2 Å². The summed E-state index contributed by atoms with van der Waals surface area (Å²) in [4.78, 5) is 47.1. The van der Waals surface area contributed by atoms with Crippen molar-refractivity contribution in [3.63, 3.8) is 0 Å². The molecule has 0 aromatic heterocycles. The molecule has 0 bridgehead atoms. The van der Waals surface area contributed by atoms with Crippen LogP contribution < -0.4 is 9.64 Å². The Balaban J connectivity index is 1.25. The molecule has 250 valence electrons. The molecule has 6 atom stereocenters. The number of phenolic OH excluding ortho intramolecular Hbond substituents is 2. The predicted octanol–water partition coefficient (Wildman–Crippen LogP) is 3.16. The third kappa shape index (κ3) is 4.98. The maximum absolute atomic E-state index is 13.9. The SMILES string of the molecule is COc1cccc2c1C(=O)c1c(O)c3c(c(O)c1C2=O)CC(O)(C(C)=O)C[C@@H]3OC1C[C@H](N=CN2CCc3ccccc32)C(O)C(C)O1. The molecule has 0 spiro atoms. The molecule has 2 aliphatic heterocycles. The minimum absolute atomic E-state index is 0.0147. The number of hydrogen-bond donors (Lipinski definition) is 4. The quantitative estimate of drug-likeness (QED) is 0.136. The molecule has 2 aliphatic carbocycles. The van der Waals surface area contributed by atoms with E-state index < -0.39 is 82.6 Å². The number of rotatable bonds is 6. The van der Waals surface area contributed by atoms with Crippen molar-refractivity contribution in [2.45, 2.75) is 75.8 Å². The van der Waals surface area contributed by atoms with E-state index in [2.05, 4.69) is 11.1 Å². The van der Waals surface area contributed by atoms with Gasteiger partial charge in [-0.15, -0.1) is 0 Å². The molecule has 48 heavy (non-hydrogen) atoms. The van der Waals surface area contributed by atoms with Gasteiger partial charge in [0.15, 0.2) is 17.9 Å². The van der Waals surface area contributed by atoms with Crippen molar-refractivity contribution in [3.05, 3.63) is 81.4 Å². The van der Waals surface area contributed by atoms with Crippen LogP contribution in [0.4, 0.5) is 5.69 Å². The fourth-order valence-electron chi connectivity index (χ4n) is 7.40. The molecular formula is C36H36N2O10. The van der Waals surface area contributed by atoms with Crippen LogP contribution >= 0.6 is 0 Å². The molecule has 1 fully saturated rings. The Bertz CT molecular complexity index is 1890. The van der Waals surface area contributed by atoms with Crippen LogP contribution in [-0.2, 0) is 27.1 Å². The first-order valence-electron chi connectivity index (χ1n) is 15.9. The van der Waals surface area contributed by atoms with Crippen molar-refractivity contribution < 1.29 is 49.0 Å². The molecule has 4 N–H and O–H groups in total. The highest BCUT2D eigenvalue weighted by atomic mass is 16.7. The Morgan fingerprint density at radius 1 is 1.06 bits per heavy atom. The minimum Gasteiger partial charge on any atom is -0.507 e. The maximum Gasteiger partial charge on any atom is 0.202 e. The van der Waals surface area contributed by atoms with Gasteiger partial charge in [0.1, 0.15) is 29.0 Å². The molecule has 2 heterocycles. The van der Waals surface area contributed by atoms with Gasteiger partial charge in [0.2, 0.25) is 5.78 Å². The first-order chi connectivity index (χ1) is 22.9. The van der Waals surface area contributed by atoms with Crippen molar-refractivity contribution >= 4 is 29.4 Å². The smallest absolute Gasteiger partial charge is 0.202 e. The van der Waals surface area contributed by atoms with Gasteiger partial charge in [-0.1, -0.05) is 30.3 Å². The number of ether oxygens (including phenoxy) is 3. The van der Waals surface area contributed by atoms with E-state index in [1.807, 2.05) is 23.1 Å². The number of aliphatic hydroxyl groups is 2. The third-order valence-electron chi connectivity index (χ3n) is 10.0. The molecule has 3 aromatic rings. The Morgan fingerprint density at radius 2 is 1.81 bits per heavy atom. The van der Waals surface area contributed by atoms with Gasteiger partial charge in [-0.25, -0.2) is 0 Å². The second kappa shape index (κ2) is 11.8. The summed E-state index contributed by atoms with van der Waals surface area (Å²) >= 11 is 0. The number of fused-ring (bicyclic) bond motifs is 4. The van der Waals surface area contributed by atoms with Crippen LogP contribution in [0, 0.1) is 0 Å². The van der Waals surface area contributed by atoms with Crippen LogP contribution in [0.1, 0.15) is 81.3 Å². The summed E-state index contributed by atoms with van der Waals surface area (Å²) in [6.45, 7) is 3.61. The molecule has 4 unspecified atom stereocenters. The second-order valence-electron chi connectivity index (χ2n) is 12.9. The number of methoxy groups -OCH3 is 1. The zero-order valence-electron chi connectivity index (χ0n) is 26.7. The lowest BCUT2D eigenvalue weighted by Crippen LogP contribution is -2.49. The van der Waals surface area contributed by atoms with Gasteiger partial charge in [-0.3, -0.25) is 19.4 Å². The molecule has 1 saturated heterocycles. The van der Waals surface area contributed by atoms with E-state index in [1.54, 1.807) is 13.3 Å². The number of nitrogens with zero attached hydrogens (tertiary/aromatic N) is 2. The van der Waals surface area contributed by atoms with Crippen LogP contribution in [0.25, 0.3) is 0 Å². The highest BCUT2D eigenvalue weighted by Crippen LogP contribution is 2.52. The molecule has 4 aliphatic rings. The molecule has 7 rings (SSSR count). The average molecular weight is 657 g/mol.